The van der Waals surface area contributed by atoms with Gasteiger partial charge in [-0.05, 0) is 159 Å². The monoisotopic (exact) mass is 1040 g/mol. The molecule has 0 aromatic heterocycles. The predicted molar refractivity (Wildman–Crippen MR) is 348 cm³/mol. The van der Waals surface area contributed by atoms with Crippen LogP contribution in [0, 0.1) is 0 Å². The molecule has 390 valence electrons. The van der Waals surface area contributed by atoms with Crippen molar-refractivity contribution >= 4 is 78.8 Å². The predicted octanol–water partition coefficient (Wildman–Crippen LogP) is 19.0. The van der Waals surface area contributed by atoms with Crippen molar-refractivity contribution in [2.75, 3.05) is 9.80 Å². The second kappa shape index (κ2) is 19.3. The first-order valence-corrected chi connectivity index (χ1v) is 28.8. The van der Waals surface area contributed by atoms with Crippen molar-refractivity contribution < 1.29 is 0 Å². The van der Waals surface area contributed by atoms with Crippen LogP contribution in [0.3, 0.4) is 0 Å². The molecular formula is C78H65BN2. The van der Waals surface area contributed by atoms with E-state index in [1.54, 1.807) is 0 Å². The van der Waals surface area contributed by atoms with Crippen molar-refractivity contribution in [3.05, 3.63) is 295 Å². The molecule has 0 saturated heterocycles. The van der Waals surface area contributed by atoms with Crippen LogP contribution in [-0.2, 0) is 16.2 Å². The van der Waals surface area contributed by atoms with Gasteiger partial charge in [0.1, 0.15) is 0 Å². The summed E-state index contributed by atoms with van der Waals surface area (Å²) in [5.41, 5.74) is 24.0. The van der Waals surface area contributed by atoms with Crippen LogP contribution in [-0.4, -0.2) is 6.71 Å². The smallest absolute Gasteiger partial charge is 0.252 e. The van der Waals surface area contributed by atoms with Crippen molar-refractivity contribution in [2.45, 2.75) is 64.7 Å². The lowest BCUT2D eigenvalue weighted by atomic mass is 9.33. The fourth-order valence-corrected chi connectivity index (χ4v) is 13.4. The number of fused-ring (bicyclic) bond motifs is 6. The molecule has 0 bridgehead atoms. The summed E-state index contributed by atoms with van der Waals surface area (Å²) in [6, 6.07) is 100. The van der Waals surface area contributed by atoms with Gasteiger partial charge in [-0.3, -0.25) is 0 Å². The average molecular weight is 1040 g/mol. The molecule has 0 spiro atoms. The van der Waals surface area contributed by atoms with E-state index in [4.69, 9.17) is 0 Å². The molecule has 2 heterocycles. The molecule has 3 heteroatoms. The van der Waals surface area contributed by atoms with Crippen LogP contribution in [0.15, 0.2) is 267 Å². The first-order valence-electron chi connectivity index (χ1n) is 28.8. The minimum absolute atomic E-state index is 0.0932. The summed E-state index contributed by atoms with van der Waals surface area (Å²) in [7, 11) is 0. The number of rotatable bonds is 9. The molecule has 0 fully saturated rings. The summed E-state index contributed by atoms with van der Waals surface area (Å²) in [6.07, 6.45) is 0. The van der Waals surface area contributed by atoms with E-state index in [2.05, 4.69) is 325 Å². The Morgan fingerprint density at radius 1 is 0.272 bits per heavy atom. The molecule has 0 radical (unpaired) electrons. The Morgan fingerprint density at radius 3 is 1.05 bits per heavy atom. The van der Waals surface area contributed by atoms with E-state index in [1.807, 2.05) is 0 Å². The molecule has 2 aliphatic heterocycles. The SMILES string of the molecule is CC(C)(C)c1cc(-c2cc3c4c(c2)N(c2ccccc2)c2ccc(C(C)(C)c5ccccc5)cc2B4c2cc(C(C)(C)c4ccccc4)ccc2N3c2ccccc2)cc(-c2c3ccccc3c(-c3ccccc3)c3ccccc23)c1. The summed E-state index contributed by atoms with van der Waals surface area (Å²) < 4.78 is 0. The lowest BCUT2D eigenvalue weighted by molar-refractivity contribution is 0.591. The van der Waals surface area contributed by atoms with Gasteiger partial charge < -0.3 is 9.80 Å². The molecule has 12 aromatic rings. The van der Waals surface area contributed by atoms with E-state index >= 15 is 0 Å². The molecule has 14 rings (SSSR count). The first kappa shape index (κ1) is 50.1. The van der Waals surface area contributed by atoms with Gasteiger partial charge in [0.25, 0.3) is 6.71 Å². The standard InChI is InChI=1S/C78H65BN2/c1-76(2,3)60-46-53(45-55(47-60)74-65-39-25-23-37-63(65)73(52-27-13-8-14-28-52)64-38-24-26-40-66(64)74)54-48-71-75-72(49-54)81(62-35-21-12-22-36-62)70-44-42-59(78(6,7)57-31-17-10-18-32-57)51-68(70)79(75)67-50-58(77(4,5)56-29-15-9-16-30-56)41-43-69(67)80(71)61-33-19-11-20-34-61/h8-51H,1-7H3. The average Bonchev–Trinajstić information content (AvgIpc) is 3.64. The second-order valence-electron chi connectivity index (χ2n) is 24.5. The number of benzene rings is 12. The van der Waals surface area contributed by atoms with Crippen molar-refractivity contribution in [1.82, 2.24) is 0 Å². The Hall–Kier alpha value is -9.18. The van der Waals surface area contributed by atoms with Crippen LogP contribution in [0.25, 0.3) is 54.9 Å². The van der Waals surface area contributed by atoms with Crippen LogP contribution in [0.2, 0.25) is 0 Å². The highest BCUT2D eigenvalue weighted by molar-refractivity contribution is 7.00. The maximum atomic E-state index is 2.57. The van der Waals surface area contributed by atoms with Crippen molar-refractivity contribution in [3.8, 4) is 33.4 Å². The van der Waals surface area contributed by atoms with Crippen molar-refractivity contribution in [2.24, 2.45) is 0 Å². The Bertz CT molecular complexity index is 4140. The van der Waals surface area contributed by atoms with E-state index in [-0.39, 0.29) is 23.0 Å². The lowest BCUT2D eigenvalue weighted by Crippen LogP contribution is -2.61. The van der Waals surface area contributed by atoms with Gasteiger partial charge in [-0.2, -0.15) is 0 Å². The zero-order valence-corrected chi connectivity index (χ0v) is 47.4. The Kier molecular flexibility index (Phi) is 11.9. The van der Waals surface area contributed by atoms with Crippen molar-refractivity contribution in [3.63, 3.8) is 0 Å². The summed E-state index contributed by atoms with van der Waals surface area (Å²) in [5.74, 6) is 0. The Balaban J connectivity index is 1.08. The van der Waals surface area contributed by atoms with E-state index in [0.717, 1.165) is 11.4 Å². The molecule has 12 aromatic carbocycles. The summed E-state index contributed by atoms with van der Waals surface area (Å²) in [6.45, 7) is 16.5. The Morgan fingerprint density at radius 2 is 0.630 bits per heavy atom. The molecular weight excluding hydrogens is 976 g/mol. The van der Waals surface area contributed by atoms with Crippen LogP contribution in [0.1, 0.15) is 76.3 Å². The molecule has 81 heavy (non-hydrogen) atoms. The molecule has 0 atom stereocenters. The minimum atomic E-state index is -0.264. The van der Waals surface area contributed by atoms with Crippen LogP contribution in [0.5, 0.6) is 0 Å². The highest BCUT2D eigenvalue weighted by atomic mass is 15.2. The molecule has 0 aliphatic carbocycles. The topological polar surface area (TPSA) is 6.48 Å². The third-order valence-electron chi connectivity index (χ3n) is 17.9. The maximum absolute atomic E-state index is 2.57. The summed E-state index contributed by atoms with van der Waals surface area (Å²) >= 11 is 0. The van der Waals surface area contributed by atoms with Crippen LogP contribution < -0.4 is 26.2 Å². The fraction of sp³-hybridized carbons (Fsp3) is 0.128. The van der Waals surface area contributed by atoms with Gasteiger partial charge in [-0.1, -0.05) is 261 Å². The third-order valence-corrected chi connectivity index (χ3v) is 17.9. The minimum Gasteiger partial charge on any atom is -0.311 e. The van der Waals surface area contributed by atoms with Gasteiger partial charge in [0, 0.05) is 45.0 Å². The summed E-state index contributed by atoms with van der Waals surface area (Å²) in [4.78, 5) is 5.13. The number of hydrogen-bond acceptors (Lipinski definition) is 2. The largest absolute Gasteiger partial charge is 0.311 e. The van der Waals surface area contributed by atoms with E-state index < -0.39 is 0 Å². The van der Waals surface area contributed by atoms with Gasteiger partial charge in [0.05, 0.1) is 0 Å². The number of anilines is 6. The van der Waals surface area contributed by atoms with Gasteiger partial charge in [-0.25, -0.2) is 0 Å². The molecule has 2 aliphatic rings. The van der Waals surface area contributed by atoms with Crippen LogP contribution in [0.4, 0.5) is 34.1 Å². The molecule has 0 amide bonds. The molecule has 0 saturated carbocycles. The van der Waals surface area contributed by atoms with E-state index in [0.29, 0.717) is 0 Å². The summed E-state index contributed by atoms with van der Waals surface area (Å²) in [5, 5.41) is 5.01. The van der Waals surface area contributed by atoms with Crippen molar-refractivity contribution in [1.29, 1.82) is 0 Å². The lowest BCUT2D eigenvalue weighted by Gasteiger charge is -2.45. The van der Waals surface area contributed by atoms with Crippen LogP contribution >= 0.6 is 0 Å². The van der Waals surface area contributed by atoms with E-state index in [9.17, 15) is 0 Å². The van der Waals surface area contributed by atoms with Gasteiger partial charge >= 0.3 is 0 Å². The normalized spacial score (nSPS) is 13.0. The molecule has 0 unspecified atom stereocenters. The fourth-order valence-electron chi connectivity index (χ4n) is 13.4. The number of nitrogens with zero attached hydrogens (tertiary/aromatic N) is 2. The second-order valence-corrected chi connectivity index (χ2v) is 24.5. The van der Waals surface area contributed by atoms with E-state index in [1.165, 1.54) is 122 Å². The third kappa shape index (κ3) is 8.32. The number of para-hydroxylation sites is 2. The number of hydrogen-bond donors (Lipinski definition) is 0. The Labute approximate surface area is 478 Å². The zero-order valence-electron chi connectivity index (χ0n) is 47.4. The highest BCUT2D eigenvalue weighted by Crippen LogP contribution is 2.50. The van der Waals surface area contributed by atoms with Gasteiger partial charge in [0.15, 0.2) is 0 Å². The molecule has 0 N–H and O–H groups in total. The van der Waals surface area contributed by atoms with Gasteiger partial charge in [0.2, 0.25) is 0 Å². The maximum Gasteiger partial charge on any atom is 0.252 e. The quantitative estimate of drug-likeness (QED) is 0.105. The first-order chi connectivity index (χ1) is 39.3. The zero-order chi connectivity index (χ0) is 55.2. The molecule has 2 nitrogen and oxygen atoms in total. The highest BCUT2D eigenvalue weighted by Gasteiger charge is 2.45. The van der Waals surface area contributed by atoms with Gasteiger partial charge in [-0.15, -0.1) is 0 Å².